The second kappa shape index (κ2) is 6.13. The minimum Gasteiger partial charge on any atom is -0.456 e. The Bertz CT molecular complexity index is 661. The van der Waals surface area contributed by atoms with E-state index in [9.17, 15) is 4.79 Å². The van der Waals surface area contributed by atoms with Crippen molar-refractivity contribution in [2.75, 3.05) is 19.0 Å². The molecule has 2 aromatic rings. The van der Waals surface area contributed by atoms with Gasteiger partial charge >= 0.3 is 5.97 Å². The fourth-order valence-corrected chi connectivity index (χ4v) is 1.92. The molecule has 1 aromatic heterocycles. The van der Waals surface area contributed by atoms with Crippen LogP contribution in [0.15, 0.2) is 36.5 Å². The average molecular weight is 299 g/mol. The van der Waals surface area contributed by atoms with Crippen LogP contribution < -0.4 is 4.90 Å². The minimum atomic E-state index is -0.557. The fourth-order valence-electron chi connectivity index (χ4n) is 1.92. The Hall–Kier alpha value is -2.43. The summed E-state index contributed by atoms with van der Waals surface area (Å²) in [6.07, 6.45) is 1.53. The summed E-state index contributed by atoms with van der Waals surface area (Å²) in [6.45, 7) is 5.50. The van der Waals surface area contributed by atoms with Gasteiger partial charge in [0, 0.05) is 25.9 Å². The first-order chi connectivity index (χ1) is 10.3. The Kier molecular flexibility index (Phi) is 4.45. The smallest absolute Gasteiger partial charge is 0.344 e. The van der Waals surface area contributed by atoms with Crippen LogP contribution in [0.4, 0.5) is 5.82 Å². The number of benzene rings is 1. The van der Waals surface area contributed by atoms with Gasteiger partial charge in [-0.15, -0.1) is 0 Å². The summed E-state index contributed by atoms with van der Waals surface area (Å²) in [7, 11) is 3.68. The first-order valence-corrected chi connectivity index (χ1v) is 7.11. The van der Waals surface area contributed by atoms with Gasteiger partial charge in [-0.2, -0.15) is 0 Å². The highest BCUT2D eigenvalue weighted by Crippen LogP contribution is 2.23. The predicted octanol–water partition coefficient (Wildman–Crippen LogP) is 3.16. The maximum atomic E-state index is 12.3. The fraction of sp³-hybridized carbons (Fsp3) is 0.353. The van der Waals surface area contributed by atoms with Crippen molar-refractivity contribution in [1.29, 1.82) is 0 Å². The second-order valence-electron chi connectivity index (χ2n) is 6.19. The summed E-state index contributed by atoms with van der Waals surface area (Å²) in [5, 5.41) is 0. The quantitative estimate of drug-likeness (QED) is 0.815. The van der Waals surface area contributed by atoms with Gasteiger partial charge in [-0.3, -0.25) is 0 Å². The van der Waals surface area contributed by atoms with Gasteiger partial charge < -0.3 is 9.64 Å². The Morgan fingerprint density at radius 1 is 1.14 bits per heavy atom. The summed E-state index contributed by atoms with van der Waals surface area (Å²) < 4.78 is 5.41. The third-order valence-electron chi connectivity index (χ3n) is 2.84. The molecule has 0 atom stereocenters. The largest absolute Gasteiger partial charge is 0.456 e. The molecule has 116 valence electrons. The standard InChI is InChI=1S/C17H21N3O2/c1-17(2,3)22-16(21)13-11-18-14(19-15(13)20(4)5)12-9-7-6-8-10-12/h6-11H,1-5H3. The predicted molar refractivity (Wildman–Crippen MR) is 87.0 cm³/mol. The molecule has 0 saturated heterocycles. The van der Waals surface area contributed by atoms with Gasteiger partial charge in [-0.05, 0) is 20.8 Å². The molecular formula is C17H21N3O2. The van der Waals surface area contributed by atoms with E-state index >= 15 is 0 Å². The van der Waals surface area contributed by atoms with E-state index in [0.29, 0.717) is 17.2 Å². The number of aromatic nitrogens is 2. The van der Waals surface area contributed by atoms with Crippen LogP contribution in [0.5, 0.6) is 0 Å². The van der Waals surface area contributed by atoms with Gasteiger partial charge in [0.1, 0.15) is 17.0 Å². The number of esters is 1. The van der Waals surface area contributed by atoms with Crippen molar-refractivity contribution in [2.45, 2.75) is 26.4 Å². The average Bonchev–Trinajstić information content (AvgIpc) is 2.45. The van der Waals surface area contributed by atoms with Crippen LogP contribution in [0, 0.1) is 0 Å². The number of anilines is 1. The summed E-state index contributed by atoms with van der Waals surface area (Å²) in [5.74, 6) is 0.704. The number of carbonyl (C=O) groups excluding carboxylic acids is 1. The van der Waals surface area contributed by atoms with E-state index in [1.54, 1.807) is 4.90 Å². The number of nitrogens with zero attached hydrogens (tertiary/aromatic N) is 3. The summed E-state index contributed by atoms with van der Waals surface area (Å²) in [4.78, 5) is 22.9. The van der Waals surface area contributed by atoms with Crippen LogP contribution in [-0.4, -0.2) is 35.6 Å². The van der Waals surface area contributed by atoms with Crippen molar-refractivity contribution >= 4 is 11.8 Å². The lowest BCUT2D eigenvalue weighted by molar-refractivity contribution is 0.00695. The number of ether oxygens (including phenoxy) is 1. The lowest BCUT2D eigenvalue weighted by Gasteiger charge is -2.22. The van der Waals surface area contributed by atoms with Crippen LogP contribution in [-0.2, 0) is 4.74 Å². The molecule has 1 aromatic carbocycles. The lowest BCUT2D eigenvalue weighted by Crippen LogP contribution is -2.26. The molecule has 0 saturated carbocycles. The molecule has 0 aliphatic heterocycles. The van der Waals surface area contributed by atoms with Crippen molar-refractivity contribution in [3.8, 4) is 11.4 Å². The van der Waals surface area contributed by atoms with Crippen LogP contribution in [0.2, 0.25) is 0 Å². The maximum Gasteiger partial charge on any atom is 0.344 e. The first kappa shape index (κ1) is 15.9. The molecule has 0 bridgehead atoms. The molecule has 5 nitrogen and oxygen atoms in total. The molecule has 0 N–H and O–H groups in total. The highest BCUT2D eigenvalue weighted by Gasteiger charge is 2.23. The monoisotopic (exact) mass is 299 g/mol. The Morgan fingerprint density at radius 3 is 2.32 bits per heavy atom. The van der Waals surface area contributed by atoms with E-state index in [-0.39, 0.29) is 0 Å². The molecule has 1 heterocycles. The molecule has 5 heteroatoms. The Balaban J connectivity index is 2.42. The maximum absolute atomic E-state index is 12.3. The molecule has 0 aliphatic rings. The molecule has 22 heavy (non-hydrogen) atoms. The molecular weight excluding hydrogens is 278 g/mol. The van der Waals surface area contributed by atoms with Crippen LogP contribution in [0.25, 0.3) is 11.4 Å². The van der Waals surface area contributed by atoms with Gasteiger partial charge in [0.25, 0.3) is 0 Å². The third-order valence-corrected chi connectivity index (χ3v) is 2.84. The van der Waals surface area contributed by atoms with Crippen LogP contribution in [0.3, 0.4) is 0 Å². The molecule has 0 radical (unpaired) electrons. The zero-order valence-corrected chi connectivity index (χ0v) is 13.6. The number of carbonyl (C=O) groups is 1. The molecule has 0 unspecified atom stereocenters. The SMILES string of the molecule is CN(C)c1nc(-c2ccccc2)ncc1C(=O)OC(C)(C)C. The van der Waals surface area contributed by atoms with Crippen LogP contribution >= 0.6 is 0 Å². The van der Waals surface area contributed by atoms with Crippen molar-refractivity contribution in [1.82, 2.24) is 9.97 Å². The number of hydrogen-bond acceptors (Lipinski definition) is 5. The van der Waals surface area contributed by atoms with E-state index in [4.69, 9.17) is 4.74 Å². The van der Waals surface area contributed by atoms with Gasteiger partial charge in [0.15, 0.2) is 5.82 Å². The zero-order valence-electron chi connectivity index (χ0n) is 13.6. The third kappa shape index (κ3) is 3.81. The molecule has 2 rings (SSSR count). The Morgan fingerprint density at radius 2 is 1.77 bits per heavy atom. The van der Waals surface area contributed by atoms with Crippen molar-refractivity contribution in [3.63, 3.8) is 0 Å². The van der Waals surface area contributed by atoms with Gasteiger partial charge in [0.05, 0.1) is 0 Å². The van der Waals surface area contributed by atoms with E-state index in [1.807, 2.05) is 65.2 Å². The minimum absolute atomic E-state index is 0.361. The summed E-state index contributed by atoms with van der Waals surface area (Å²) in [5.41, 5.74) is 0.708. The molecule has 0 fully saturated rings. The van der Waals surface area contributed by atoms with Crippen molar-refractivity contribution in [2.24, 2.45) is 0 Å². The Labute approximate surface area is 131 Å². The highest BCUT2D eigenvalue weighted by molar-refractivity contribution is 5.95. The summed E-state index contributed by atoms with van der Waals surface area (Å²) >= 11 is 0. The molecule has 0 spiro atoms. The number of hydrogen-bond donors (Lipinski definition) is 0. The van der Waals surface area contributed by atoms with Gasteiger partial charge in [-0.1, -0.05) is 30.3 Å². The van der Waals surface area contributed by atoms with Gasteiger partial charge in [0.2, 0.25) is 0 Å². The first-order valence-electron chi connectivity index (χ1n) is 7.11. The topological polar surface area (TPSA) is 55.3 Å². The zero-order chi connectivity index (χ0) is 16.3. The van der Waals surface area contributed by atoms with E-state index in [0.717, 1.165) is 5.56 Å². The van der Waals surface area contributed by atoms with E-state index in [2.05, 4.69) is 9.97 Å². The number of rotatable bonds is 3. The van der Waals surface area contributed by atoms with Crippen molar-refractivity contribution in [3.05, 3.63) is 42.1 Å². The molecule has 0 aliphatic carbocycles. The normalized spacial score (nSPS) is 11.1. The second-order valence-corrected chi connectivity index (χ2v) is 6.19. The highest BCUT2D eigenvalue weighted by atomic mass is 16.6. The van der Waals surface area contributed by atoms with Crippen molar-refractivity contribution < 1.29 is 9.53 Å². The van der Waals surface area contributed by atoms with Crippen LogP contribution in [0.1, 0.15) is 31.1 Å². The molecule has 0 amide bonds. The van der Waals surface area contributed by atoms with E-state index in [1.165, 1.54) is 6.20 Å². The van der Waals surface area contributed by atoms with E-state index < -0.39 is 11.6 Å². The van der Waals surface area contributed by atoms with Gasteiger partial charge in [-0.25, -0.2) is 14.8 Å². The summed E-state index contributed by atoms with van der Waals surface area (Å²) in [6, 6.07) is 9.65. The lowest BCUT2D eigenvalue weighted by atomic mass is 10.2.